The lowest BCUT2D eigenvalue weighted by Gasteiger charge is -2.49. The summed E-state index contributed by atoms with van der Waals surface area (Å²) >= 11 is 6.24. The first-order chi connectivity index (χ1) is 21.1. The van der Waals surface area contributed by atoms with Crippen molar-refractivity contribution in [2.24, 2.45) is 0 Å². The van der Waals surface area contributed by atoms with Gasteiger partial charge < -0.3 is 15.0 Å². The number of nitrogens with one attached hydrogen (secondary N) is 2. The molecule has 3 aromatic carbocycles. The zero-order valence-corrected chi connectivity index (χ0v) is 26.2. The number of esters is 1. The molecule has 3 aromatic rings. The van der Waals surface area contributed by atoms with Gasteiger partial charge in [-0.2, -0.15) is 0 Å². The summed E-state index contributed by atoms with van der Waals surface area (Å²) in [5, 5.41) is 3.59. The van der Waals surface area contributed by atoms with Gasteiger partial charge in [0.1, 0.15) is 0 Å². The summed E-state index contributed by atoms with van der Waals surface area (Å²) < 4.78 is 32.3. The van der Waals surface area contributed by atoms with E-state index in [9.17, 15) is 22.8 Å². The SMILES string of the molecule is COC(=O)c1cccc(CCNC(=O)[C@@H]2c3ccccc3C(=O)N([C@H]3CCCC[C@@H]3NS(C)(=O)=O)[C@H]2c2ccc(Cl)cc2)c1. The van der Waals surface area contributed by atoms with Crippen molar-refractivity contribution in [3.8, 4) is 0 Å². The van der Waals surface area contributed by atoms with Gasteiger partial charge in [-0.05, 0) is 66.3 Å². The van der Waals surface area contributed by atoms with Crippen molar-refractivity contribution in [2.45, 2.75) is 56.1 Å². The van der Waals surface area contributed by atoms with Gasteiger partial charge in [-0.3, -0.25) is 9.59 Å². The molecule has 1 aliphatic heterocycles. The van der Waals surface area contributed by atoms with E-state index in [1.54, 1.807) is 47.4 Å². The zero-order valence-electron chi connectivity index (χ0n) is 24.7. The fourth-order valence-electron chi connectivity index (χ4n) is 6.48. The third-order valence-corrected chi connectivity index (χ3v) is 9.37. The molecule has 2 N–H and O–H groups in total. The number of ether oxygens (including phenoxy) is 1. The third kappa shape index (κ3) is 6.98. The smallest absolute Gasteiger partial charge is 0.337 e. The second-order valence-corrected chi connectivity index (χ2v) is 13.6. The van der Waals surface area contributed by atoms with Gasteiger partial charge in [-0.15, -0.1) is 0 Å². The van der Waals surface area contributed by atoms with Gasteiger partial charge in [0, 0.05) is 29.2 Å². The molecule has 2 amide bonds. The van der Waals surface area contributed by atoms with Crippen molar-refractivity contribution in [3.63, 3.8) is 0 Å². The minimum Gasteiger partial charge on any atom is -0.465 e. The summed E-state index contributed by atoms with van der Waals surface area (Å²) in [4.78, 5) is 42.2. The zero-order chi connectivity index (χ0) is 31.4. The molecule has 9 nitrogen and oxygen atoms in total. The van der Waals surface area contributed by atoms with Crippen LogP contribution in [0.25, 0.3) is 0 Å². The van der Waals surface area contributed by atoms with Crippen LogP contribution in [0.2, 0.25) is 5.02 Å². The first-order valence-corrected chi connectivity index (χ1v) is 16.9. The molecule has 0 bridgehead atoms. The van der Waals surface area contributed by atoms with Crippen LogP contribution in [0, 0.1) is 0 Å². The molecule has 1 aliphatic carbocycles. The van der Waals surface area contributed by atoms with Crippen LogP contribution < -0.4 is 10.0 Å². The molecule has 1 heterocycles. The number of benzene rings is 3. The van der Waals surface area contributed by atoms with Crippen LogP contribution in [0.5, 0.6) is 0 Å². The maximum atomic E-state index is 14.3. The Morgan fingerprint density at radius 3 is 2.45 bits per heavy atom. The van der Waals surface area contributed by atoms with Crippen molar-refractivity contribution in [1.82, 2.24) is 14.9 Å². The van der Waals surface area contributed by atoms with Gasteiger partial charge in [0.25, 0.3) is 5.91 Å². The number of nitrogens with zero attached hydrogens (tertiary/aromatic N) is 1. The van der Waals surface area contributed by atoms with Crippen LogP contribution >= 0.6 is 11.6 Å². The molecule has 0 spiro atoms. The van der Waals surface area contributed by atoms with Gasteiger partial charge in [0.2, 0.25) is 15.9 Å². The Morgan fingerprint density at radius 1 is 1.00 bits per heavy atom. The minimum absolute atomic E-state index is 0.239. The molecule has 4 atom stereocenters. The third-order valence-electron chi connectivity index (χ3n) is 8.38. The van der Waals surface area contributed by atoms with Crippen molar-refractivity contribution >= 4 is 39.4 Å². The Morgan fingerprint density at radius 2 is 1.73 bits per heavy atom. The van der Waals surface area contributed by atoms with E-state index in [1.165, 1.54) is 7.11 Å². The fourth-order valence-corrected chi connectivity index (χ4v) is 7.43. The van der Waals surface area contributed by atoms with E-state index in [1.807, 2.05) is 30.3 Å². The van der Waals surface area contributed by atoms with E-state index < -0.39 is 40.0 Å². The van der Waals surface area contributed by atoms with Crippen LogP contribution in [0.1, 0.15) is 75.0 Å². The average Bonchev–Trinajstić information content (AvgIpc) is 3.01. The standard InChI is InChI=1S/C33H36ClN3O6S/c1-43-33(40)23-9-7-8-21(20-23)18-19-35-31(38)29-25-10-3-4-11-26(25)32(39)37(30(29)22-14-16-24(34)17-15-22)28-13-6-5-12-27(28)36-44(2,41)42/h3-4,7-11,14-17,20,27-30,36H,5-6,12-13,18-19H2,1-2H3,(H,35,38)/t27-,28-,29+,30-/m0/s1. The second-order valence-electron chi connectivity index (χ2n) is 11.4. The van der Waals surface area contributed by atoms with Gasteiger partial charge in [0.15, 0.2) is 0 Å². The quantitative estimate of drug-likeness (QED) is 0.330. The predicted molar refractivity (Wildman–Crippen MR) is 168 cm³/mol. The Labute approximate surface area is 263 Å². The first kappa shape index (κ1) is 31.7. The summed E-state index contributed by atoms with van der Waals surface area (Å²) in [5.41, 5.74) is 3.06. The number of hydrogen-bond donors (Lipinski definition) is 2. The van der Waals surface area contributed by atoms with Crippen molar-refractivity contribution in [3.05, 3.63) is 106 Å². The molecular formula is C33H36ClN3O6S. The molecule has 0 saturated heterocycles. The van der Waals surface area contributed by atoms with Gasteiger partial charge in [-0.1, -0.05) is 66.9 Å². The van der Waals surface area contributed by atoms with Crippen molar-refractivity contribution in [2.75, 3.05) is 19.9 Å². The number of methoxy groups -OCH3 is 1. The van der Waals surface area contributed by atoms with E-state index in [-0.39, 0.29) is 11.8 Å². The number of amides is 2. The number of hydrogen-bond acceptors (Lipinski definition) is 6. The number of halogens is 1. The maximum Gasteiger partial charge on any atom is 0.337 e. The number of carbonyl (C=O) groups excluding carboxylic acids is 3. The monoisotopic (exact) mass is 637 g/mol. The highest BCUT2D eigenvalue weighted by molar-refractivity contribution is 7.88. The Kier molecular flexibility index (Phi) is 9.72. The summed E-state index contributed by atoms with van der Waals surface area (Å²) in [7, 11) is -2.22. The normalized spacial score (nSPS) is 21.8. The molecule has 5 rings (SSSR count). The highest BCUT2D eigenvalue weighted by Crippen LogP contribution is 2.46. The molecule has 44 heavy (non-hydrogen) atoms. The lowest BCUT2D eigenvalue weighted by molar-refractivity contribution is -0.124. The van der Waals surface area contributed by atoms with Gasteiger partial charge >= 0.3 is 5.97 Å². The fraction of sp³-hybridized carbons (Fsp3) is 0.364. The van der Waals surface area contributed by atoms with E-state index in [0.29, 0.717) is 47.5 Å². The number of carbonyl (C=O) groups is 3. The number of fused-ring (bicyclic) bond motifs is 1. The molecule has 0 radical (unpaired) electrons. The maximum absolute atomic E-state index is 14.3. The van der Waals surface area contributed by atoms with E-state index in [0.717, 1.165) is 30.2 Å². The molecule has 11 heteroatoms. The average molecular weight is 638 g/mol. The lowest BCUT2D eigenvalue weighted by atomic mass is 9.76. The van der Waals surface area contributed by atoms with Gasteiger partial charge in [-0.25, -0.2) is 17.9 Å². The molecule has 232 valence electrons. The molecule has 0 unspecified atom stereocenters. The number of sulfonamides is 1. The molecule has 0 aromatic heterocycles. The largest absolute Gasteiger partial charge is 0.465 e. The van der Waals surface area contributed by atoms with Crippen LogP contribution in [0.4, 0.5) is 0 Å². The van der Waals surface area contributed by atoms with E-state index in [4.69, 9.17) is 16.3 Å². The first-order valence-electron chi connectivity index (χ1n) is 14.7. The van der Waals surface area contributed by atoms with Crippen LogP contribution in [-0.4, -0.2) is 63.1 Å². The molecule has 1 fully saturated rings. The van der Waals surface area contributed by atoms with Crippen LogP contribution in [-0.2, 0) is 26.0 Å². The summed E-state index contributed by atoms with van der Waals surface area (Å²) in [5.74, 6) is -1.71. The molecule has 1 saturated carbocycles. The van der Waals surface area contributed by atoms with Crippen LogP contribution in [0.3, 0.4) is 0 Å². The lowest BCUT2D eigenvalue weighted by Crippen LogP contribution is -2.59. The van der Waals surface area contributed by atoms with Gasteiger partial charge in [0.05, 0.1) is 30.9 Å². The minimum atomic E-state index is -3.55. The summed E-state index contributed by atoms with van der Waals surface area (Å²) in [6, 6.07) is 19.6. The van der Waals surface area contributed by atoms with Crippen LogP contribution in [0.15, 0.2) is 72.8 Å². The van der Waals surface area contributed by atoms with Crippen molar-refractivity contribution in [1.29, 1.82) is 0 Å². The number of rotatable bonds is 9. The Bertz CT molecular complexity index is 1650. The highest BCUT2D eigenvalue weighted by Gasteiger charge is 2.48. The second kappa shape index (κ2) is 13.5. The van der Waals surface area contributed by atoms with Crippen molar-refractivity contribution < 1.29 is 27.5 Å². The Hall–Kier alpha value is -3.73. The Balaban J connectivity index is 1.52. The summed E-state index contributed by atoms with van der Waals surface area (Å²) in [6.45, 7) is 0.297. The summed E-state index contributed by atoms with van der Waals surface area (Å²) in [6.07, 6.45) is 4.43. The van der Waals surface area contributed by atoms with E-state index in [2.05, 4.69) is 10.0 Å². The molecular weight excluding hydrogens is 602 g/mol. The highest BCUT2D eigenvalue weighted by atomic mass is 35.5. The predicted octanol–water partition coefficient (Wildman–Crippen LogP) is 4.63. The topological polar surface area (TPSA) is 122 Å². The van der Waals surface area contributed by atoms with E-state index >= 15 is 0 Å². The molecule has 2 aliphatic rings.